The first-order valence-electron chi connectivity index (χ1n) is 6.36. The third-order valence-corrected chi connectivity index (χ3v) is 4.96. The van der Waals surface area contributed by atoms with Crippen LogP contribution in [0.15, 0.2) is 58.8 Å². The summed E-state index contributed by atoms with van der Waals surface area (Å²) in [5.74, 6) is -1.63. The second kappa shape index (κ2) is 6.00. The molecule has 4 heteroatoms. The van der Waals surface area contributed by atoms with E-state index in [9.17, 15) is 8.78 Å². The quantitative estimate of drug-likeness (QED) is 0.527. The van der Waals surface area contributed by atoms with E-state index in [2.05, 4.69) is 24.3 Å². The molecular weight excluding hydrogens is 306 g/mol. The van der Waals surface area contributed by atoms with Gasteiger partial charge in [-0.2, -0.15) is 0 Å². The van der Waals surface area contributed by atoms with Crippen LogP contribution in [0.5, 0.6) is 0 Å². The minimum atomic E-state index is -0.818. The van der Waals surface area contributed by atoms with E-state index in [1.807, 2.05) is 17.7 Å². The predicted octanol–water partition coefficient (Wildman–Crippen LogP) is 6.08. The fourth-order valence-corrected chi connectivity index (χ4v) is 3.49. The maximum Gasteiger partial charge on any atom is 0.159 e. The van der Waals surface area contributed by atoms with Crippen molar-refractivity contribution in [2.24, 2.45) is 0 Å². The summed E-state index contributed by atoms with van der Waals surface area (Å²) < 4.78 is 26.5. The minimum Gasteiger partial charge on any atom is -0.204 e. The summed E-state index contributed by atoms with van der Waals surface area (Å²) in [5, 5.41) is 1.97. The number of halogens is 2. The number of thiophene rings is 1. The van der Waals surface area contributed by atoms with Crippen LogP contribution in [0.4, 0.5) is 8.78 Å². The summed E-state index contributed by atoms with van der Waals surface area (Å²) in [7, 11) is 0. The van der Waals surface area contributed by atoms with E-state index in [4.69, 9.17) is 0 Å². The Morgan fingerprint density at radius 3 is 2.24 bits per heavy atom. The Bertz CT molecular complexity index is 761. The summed E-state index contributed by atoms with van der Waals surface area (Å²) >= 11 is 3.22. The molecule has 3 aromatic rings. The zero-order valence-electron chi connectivity index (χ0n) is 11.3. The first kappa shape index (κ1) is 14.3. The molecule has 0 N–H and O–H groups in total. The van der Waals surface area contributed by atoms with E-state index in [1.165, 1.54) is 28.4 Å². The standard InChI is InChI=1S/C17H12F2S2/c1-20-13-5-2-11(3-6-13)14-8-9-21-17(14)12-4-7-15(18)16(19)10-12/h2-10H,1H3. The normalized spacial score (nSPS) is 10.8. The molecular formula is C17H12F2S2. The summed E-state index contributed by atoms with van der Waals surface area (Å²) in [6.45, 7) is 0. The fraction of sp³-hybridized carbons (Fsp3) is 0.0588. The van der Waals surface area contributed by atoms with Crippen molar-refractivity contribution in [3.05, 3.63) is 65.5 Å². The van der Waals surface area contributed by atoms with Crippen LogP contribution in [0.2, 0.25) is 0 Å². The van der Waals surface area contributed by atoms with E-state index in [0.717, 1.165) is 16.0 Å². The number of rotatable bonds is 3. The molecule has 1 aromatic heterocycles. The first-order valence-corrected chi connectivity index (χ1v) is 8.47. The molecule has 0 aliphatic carbocycles. The van der Waals surface area contributed by atoms with Gasteiger partial charge < -0.3 is 0 Å². The van der Waals surface area contributed by atoms with Gasteiger partial charge in [0.15, 0.2) is 11.6 Å². The lowest BCUT2D eigenvalue weighted by Gasteiger charge is -2.06. The summed E-state index contributed by atoms with van der Waals surface area (Å²) in [6, 6.07) is 14.3. The van der Waals surface area contributed by atoms with Crippen molar-refractivity contribution in [3.63, 3.8) is 0 Å². The van der Waals surface area contributed by atoms with Gasteiger partial charge in [0, 0.05) is 15.3 Å². The highest BCUT2D eigenvalue weighted by Crippen LogP contribution is 2.37. The highest BCUT2D eigenvalue weighted by Gasteiger charge is 2.11. The van der Waals surface area contributed by atoms with Crippen LogP contribution in [-0.2, 0) is 0 Å². The molecule has 0 aliphatic rings. The molecule has 2 aromatic carbocycles. The van der Waals surface area contributed by atoms with Crippen molar-refractivity contribution in [2.75, 3.05) is 6.26 Å². The van der Waals surface area contributed by atoms with Crippen LogP contribution in [0.1, 0.15) is 0 Å². The lowest BCUT2D eigenvalue weighted by Crippen LogP contribution is -1.85. The zero-order valence-corrected chi connectivity index (χ0v) is 12.9. The zero-order chi connectivity index (χ0) is 14.8. The largest absolute Gasteiger partial charge is 0.204 e. The average molecular weight is 318 g/mol. The summed E-state index contributed by atoms with van der Waals surface area (Å²) in [5.41, 5.74) is 2.82. The van der Waals surface area contributed by atoms with Crippen molar-refractivity contribution in [3.8, 4) is 21.6 Å². The topological polar surface area (TPSA) is 0 Å². The average Bonchev–Trinajstić information content (AvgIpc) is 2.99. The molecule has 0 aliphatic heterocycles. The van der Waals surface area contributed by atoms with Gasteiger partial charge in [-0.25, -0.2) is 8.78 Å². The molecule has 106 valence electrons. The molecule has 3 rings (SSSR count). The molecule has 0 nitrogen and oxygen atoms in total. The van der Waals surface area contributed by atoms with Crippen LogP contribution in [0, 0.1) is 11.6 Å². The van der Waals surface area contributed by atoms with Gasteiger partial charge >= 0.3 is 0 Å². The number of benzene rings is 2. The molecule has 0 radical (unpaired) electrons. The Morgan fingerprint density at radius 1 is 0.857 bits per heavy atom. The predicted molar refractivity (Wildman–Crippen MR) is 86.9 cm³/mol. The second-order valence-corrected chi connectivity index (χ2v) is 6.32. The molecule has 0 saturated heterocycles. The van der Waals surface area contributed by atoms with Crippen molar-refractivity contribution >= 4 is 23.1 Å². The smallest absolute Gasteiger partial charge is 0.159 e. The van der Waals surface area contributed by atoms with Crippen LogP contribution in [0.3, 0.4) is 0 Å². The highest BCUT2D eigenvalue weighted by molar-refractivity contribution is 7.98. The van der Waals surface area contributed by atoms with Gasteiger partial charge in [-0.1, -0.05) is 18.2 Å². The van der Waals surface area contributed by atoms with Crippen LogP contribution < -0.4 is 0 Å². The van der Waals surface area contributed by atoms with Crippen molar-refractivity contribution < 1.29 is 8.78 Å². The summed E-state index contributed by atoms with van der Waals surface area (Å²) in [4.78, 5) is 2.15. The van der Waals surface area contributed by atoms with E-state index >= 15 is 0 Å². The van der Waals surface area contributed by atoms with Gasteiger partial charge in [-0.3, -0.25) is 0 Å². The molecule has 0 saturated carbocycles. The minimum absolute atomic E-state index is 0.702. The van der Waals surface area contributed by atoms with E-state index < -0.39 is 11.6 Å². The lowest BCUT2D eigenvalue weighted by atomic mass is 10.0. The molecule has 0 unspecified atom stereocenters. The number of hydrogen-bond donors (Lipinski definition) is 0. The van der Waals surface area contributed by atoms with Crippen LogP contribution in [0.25, 0.3) is 21.6 Å². The molecule has 0 bridgehead atoms. The fourth-order valence-electron chi connectivity index (χ4n) is 2.17. The second-order valence-electron chi connectivity index (χ2n) is 4.52. The molecule has 0 spiro atoms. The Labute approximate surface area is 130 Å². The van der Waals surface area contributed by atoms with E-state index in [-0.39, 0.29) is 0 Å². The molecule has 0 atom stereocenters. The number of hydrogen-bond acceptors (Lipinski definition) is 2. The molecule has 0 fully saturated rings. The first-order chi connectivity index (χ1) is 10.2. The maximum absolute atomic E-state index is 13.4. The van der Waals surface area contributed by atoms with Crippen LogP contribution in [-0.4, -0.2) is 6.26 Å². The van der Waals surface area contributed by atoms with Crippen molar-refractivity contribution in [1.29, 1.82) is 0 Å². The van der Waals surface area contributed by atoms with Gasteiger partial charge in [-0.15, -0.1) is 23.1 Å². The lowest BCUT2D eigenvalue weighted by molar-refractivity contribution is 0.509. The third-order valence-electron chi connectivity index (χ3n) is 3.25. The van der Waals surface area contributed by atoms with Crippen molar-refractivity contribution in [2.45, 2.75) is 4.90 Å². The Hall–Kier alpha value is -1.65. The Morgan fingerprint density at radius 2 is 1.57 bits per heavy atom. The van der Waals surface area contributed by atoms with Crippen molar-refractivity contribution in [1.82, 2.24) is 0 Å². The third kappa shape index (κ3) is 2.87. The van der Waals surface area contributed by atoms with Gasteiger partial charge in [-0.05, 0) is 53.1 Å². The van der Waals surface area contributed by atoms with Gasteiger partial charge in [0.1, 0.15) is 0 Å². The monoisotopic (exact) mass is 318 g/mol. The van der Waals surface area contributed by atoms with E-state index in [0.29, 0.717) is 5.56 Å². The maximum atomic E-state index is 13.4. The highest BCUT2D eigenvalue weighted by atomic mass is 32.2. The van der Waals surface area contributed by atoms with Crippen LogP contribution >= 0.6 is 23.1 Å². The Kier molecular flexibility index (Phi) is 4.08. The molecule has 21 heavy (non-hydrogen) atoms. The van der Waals surface area contributed by atoms with Gasteiger partial charge in [0.05, 0.1) is 0 Å². The van der Waals surface area contributed by atoms with Gasteiger partial charge in [0.25, 0.3) is 0 Å². The SMILES string of the molecule is CSc1ccc(-c2ccsc2-c2ccc(F)c(F)c2)cc1. The Balaban J connectivity index is 2.05. The molecule has 1 heterocycles. The summed E-state index contributed by atoms with van der Waals surface area (Å²) in [6.07, 6.45) is 2.03. The molecule has 0 amide bonds. The number of thioether (sulfide) groups is 1. The van der Waals surface area contributed by atoms with E-state index in [1.54, 1.807) is 17.8 Å². The van der Waals surface area contributed by atoms with Gasteiger partial charge in [0.2, 0.25) is 0 Å².